The number of carbonyl (C=O) groups is 4. The van der Waals surface area contributed by atoms with E-state index in [4.69, 9.17) is 10.8 Å². The maximum Gasteiger partial charge on any atom is 0.322 e. The molecule has 11 heteroatoms. The number of aromatic hydroxyl groups is 1. The summed E-state index contributed by atoms with van der Waals surface area (Å²) in [6.07, 6.45) is -0.608. The Bertz CT molecular complexity index is 798. The fourth-order valence-electron chi connectivity index (χ4n) is 2.79. The lowest BCUT2D eigenvalue weighted by atomic mass is 9.97. The largest absolute Gasteiger partial charge is 0.508 e. The van der Waals surface area contributed by atoms with Gasteiger partial charge in [0.1, 0.15) is 30.4 Å². The molecule has 1 aromatic rings. The first-order valence-electron chi connectivity index (χ1n) is 10.3. The van der Waals surface area contributed by atoms with Gasteiger partial charge in [-0.3, -0.25) is 19.2 Å². The van der Waals surface area contributed by atoms with E-state index >= 15 is 0 Å². The molecule has 0 heterocycles. The highest BCUT2D eigenvalue weighted by Gasteiger charge is 2.31. The van der Waals surface area contributed by atoms with E-state index in [1.54, 1.807) is 19.1 Å². The summed E-state index contributed by atoms with van der Waals surface area (Å²) in [5, 5.41) is 35.1. The Morgan fingerprint density at radius 3 is 2.09 bits per heavy atom. The third-order valence-electron chi connectivity index (χ3n) is 5.04. The SMILES string of the molecule is CCC(C)C(NC(=O)C(Cc1ccc(O)cc1)NC(=O)C(N)C(C)O)C(=O)NCC(=O)O. The van der Waals surface area contributed by atoms with Gasteiger partial charge in [0.05, 0.1) is 6.10 Å². The predicted molar refractivity (Wildman–Crippen MR) is 115 cm³/mol. The molecule has 1 rings (SSSR count). The molecule has 0 saturated heterocycles. The van der Waals surface area contributed by atoms with Crippen molar-refractivity contribution in [1.82, 2.24) is 16.0 Å². The normalized spacial score (nSPS) is 15.5. The van der Waals surface area contributed by atoms with Crippen molar-refractivity contribution < 1.29 is 34.5 Å². The number of aliphatic hydroxyl groups is 1. The molecule has 5 unspecified atom stereocenters. The van der Waals surface area contributed by atoms with Crippen LogP contribution in [0.4, 0.5) is 0 Å². The van der Waals surface area contributed by atoms with Crippen molar-refractivity contribution in [3.05, 3.63) is 29.8 Å². The van der Waals surface area contributed by atoms with Gasteiger partial charge in [0, 0.05) is 6.42 Å². The zero-order valence-electron chi connectivity index (χ0n) is 18.4. The number of carboxylic acid groups (broad SMARTS) is 1. The topological polar surface area (TPSA) is 191 Å². The molecule has 0 aliphatic heterocycles. The molecule has 0 aliphatic carbocycles. The van der Waals surface area contributed by atoms with Crippen molar-refractivity contribution in [3.8, 4) is 5.75 Å². The summed E-state index contributed by atoms with van der Waals surface area (Å²) in [6, 6.07) is 2.55. The maximum atomic E-state index is 13.0. The molecule has 3 amide bonds. The number of amides is 3. The highest BCUT2D eigenvalue weighted by molar-refractivity contribution is 5.94. The average molecular weight is 453 g/mol. The molecular weight excluding hydrogens is 420 g/mol. The van der Waals surface area contributed by atoms with E-state index in [0.29, 0.717) is 12.0 Å². The summed E-state index contributed by atoms with van der Waals surface area (Å²) in [4.78, 5) is 48.6. The summed E-state index contributed by atoms with van der Waals surface area (Å²) < 4.78 is 0. The van der Waals surface area contributed by atoms with Gasteiger partial charge >= 0.3 is 5.97 Å². The molecule has 0 aliphatic rings. The molecule has 0 bridgehead atoms. The minimum Gasteiger partial charge on any atom is -0.508 e. The van der Waals surface area contributed by atoms with Crippen LogP contribution in [0, 0.1) is 5.92 Å². The van der Waals surface area contributed by atoms with Gasteiger partial charge in [-0.1, -0.05) is 32.4 Å². The van der Waals surface area contributed by atoms with Crippen LogP contribution in [0.1, 0.15) is 32.8 Å². The number of carboxylic acids is 1. The number of rotatable bonds is 12. The summed E-state index contributed by atoms with van der Waals surface area (Å²) in [6.45, 7) is 4.28. The van der Waals surface area contributed by atoms with Crippen LogP contribution >= 0.6 is 0 Å². The predicted octanol–water partition coefficient (Wildman–Crippen LogP) is -1.14. The minimum absolute atomic E-state index is 0.0222. The minimum atomic E-state index is -1.27. The number of aliphatic hydroxyl groups excluding tert-OH is 1. The molecule has 0 radical (unpaired) electrons. The molecule has 1 aromatic carbocycles. The first-order chi connectivity index (χ1) is 15.0. The summed E-state index contributed by atoms with van der Waals surface area (Å²) in [5.74, 6) is -3.61. The van der Waals surface area contributed by atoms with Gasteiger partial charge in [-0.25, -0.2) is 0 Å². The van der Waals surface area contributed by atoms with Crippen LogP contribution in [0.25, 0.3) is 0 Å². The van der Waals surface area contributed by atoms with E-state index in [1.165, 1.54) is 19.1 Å². The summed E-state index contributed by atoms with van der Waals surface area (Å²) in [7, 11) is 0. The van der Waals surface area contributed by atoms with Crippen LogP contribution in [-0.4, -0.2) is 69.8 Å². The Morgan fingerprint density at radius 2 is 1.59 bits per heavy atom. The van der Waals surface area contributed by atoms with Crippen LogP contribution in [0.5, 0.6) is 5.75 Å². The first-order valence-corrected chi connectivity index (χ1v) is 10.3. The van der Waals surface area contributed by atoms with Gasteiger partial charge < -0.3 is 37.0 Å². The Kier molecular flexibility index (Phi) is 10.6. The smallest absolute Gasteiger partial charge is 0.322 e. The van der Waals surface area contributed by atoms with Gasteiger partial charge in [-0.15, -0.1) is 0 Å². The van der Waals surface area contributed by atoms with Crippen LogP contribution in [0.2, 0.25) is 0 Å². The van der Waals surface area contributed by atoms with E-state index in [-0.39, 0.29) is 18.1 Å². The van der Waals surface area contributed by atoms with Crippen LogP contribution < -0.4 is 21.7 Å². The third-order valence-corrected chi connectivity index (χ3v) is 5.04. The van der Waals surface area contributed by atoms with Crippen molar-refractivity contribution in [1.29, 1.82) is 0 Å². The second-order valence-corrected chi connectivity index (χ2v) is 7.68. The molecule has 0 aromatic heterocycles. The molecule has 178 valence electrons. The van der Waals surface area contributed by atoms with Crippen molar-refractivity contribution in [2.24, 2.45) is 11.7 Å². The number of phenolic OH excluding ortho intramolecular Hbond substituents is 1. The van der Waals surface area contributed by atoms with Crippen molar-refractivity contribution in [3.63, 3.8) is 0 Å². The van der Waals surface area contributed by atoms with Crippen molar-refractivity contribution in [2.75, 3.05) is 6.54 Å². The van der Waals surface area contributed by atoms with Crippen LogP contribution in [0.15, 0.2) is 24.3 Å². The second-order valence-electron chi connectivity index (χ2n) is 7.68. The Balaban J connectivity index is 3.08. The Morgan fingerprint density at radius 1 is 1.00 bits per heavy atom. The average Bonchev–Trinajstić information content (AvgIpc) is 2.75. The van der Waals surface area contributed by atoms with E-state index in [9.17, 15) is 29.4 Å². The third kappa shape index (κ3) is 8.52. The molecular formula is C21H32N4O7. The maximum absolute atomic E-state index is 13.0. The highest BCUT2D eigenvalue weighted by Crippen LogP contribution is 2.13. The van der Waals surface area contributed by atoms with Gasteiger partial charge in [0.25, 0.3) is 0 Å². The molecule has 0 spiro atoms. The number of nitrogens with two attached hydrogens (primary N) is 1. The number of phenols is 1. The molecule has 32 heavy (non-hydrogen) atoms. The monoisotopic (exact) mass is 452 g/mol. The van der Waals surface area contributed by atoms with Gasteiger partial charge in [0.15, 0.2) is 0 Å². The lowest BCUT2D eigenvalue weighted by Crippen LogP contribution is -2.59. The number of aliphatic carboxylic acids is 1. The van der Waals surface area contributed by atoms with Crippen LogP contribution in [0.3, 0.4) is 0 Å². The quantitative estimate of drug-likeness (QED) is 0.207. The number of hydrogen-bond donors (Lipinski definition) is 7. The molecule has 0 saturated carbocycles. The van der Waals surface area contributed by atoms with E-state index in [2.05, 4.69) is 16.0 Å². The molecule has 11 nitrogen and oxygen atoms in total. The van der Waals surface area contributed by atoms with E-state index < -0.39 is 54.5 Å². The summed E-state index contributed by atoms with van der Waals surface area (Å²) >= 11 is 0. The highest BCUT2D eigenvalue weighted by atomic mass is 16.4. The number of benzene rings is 1. The fourth-order valence-corrected chi connectivity index (χ4v) is 2.79. The number of nitrogens with one attached hydrogen (secondary N) is 3. The fraction of sp³-hybridized carbons (Fsp3) is 0.524. The molecule has 5 atom stereocenters. The second kappa shape index (κ2) is 12.6. The van der Waals surface area contributed by atoms with Gasteiger partial charge in [-0.05, 0) is 30.5 Å². The van der Waals surface area contributed by atoms with Crippen molar-refractivity contribution >= 4 is 23.7 Å². The molecule has 0 fully saturated rings. The van der Waals surface area contributed by atoms with Gasteiger partial charge in [0.2, 0.25) is 17.7 Å². The summed E-state index contributed by atoms with van der Waals surface area (Å²) in [5.41, 5.74) is 6.28. The van der Waals surface area contributed by atoms with Gasteiger partial charge in [-0.2, -0.15) is 0 Å². The zero-order valence-corrected chi connectivity index (χ0v) is 18.4. The Labute approximate surface area is 186 Å². The van der Waals surface area contributed by atoms with E-state index in [0.717, 1.165) is 0 Å². The van der Waals surface area contributed by atoms with Crippen molar-refractivity contribution in [2.45, 2.75) is 57.8 Å². The first kappa shape index (κ1) is 26.9. The molecule has 8 N–H and O–H groups in total. The number of carbonyl (C=O) groups excluding carboxylic acids is 3. The van der Waals surface area contributed by atoms with E-state index in [1.807, 2.05) is 6.92 Å². The zero-order chi connectivity index (χ0) is 24.4. The lowest BCUT2D eigenvalue weighted by Gasteiger charge is -2.27. The number of hydrogen-bond acceptors (Lipinski definition) is 7. The lowest BCUT2D eigenvalue weighted by molar-refractivity contribution is -0.139. The van der Waals surface area contributed by atoms with Crippen LogP contribution in [-0.2, 0) is 25.6 Å². The Hall–Kier alpha value is -3.18. The standard InChI is InChI=1S/C21H32N4O7/c1-4-11(2)18(21(32)23-10-16(28)29)25-19(30)15(24-20(31)17(22)12(3)26)9-13-5-7-14(27)8-6-13/h5-8,11-12,15,17-18,26-27H,4,9-10,22H2,1-3H3,(H,23,32)(H,24,31)(H,25,30)(H,28,29).